The lowest BCUT2D eigenvalue weighted by Crippen LogP contribution is -2.28. The standard InChI is InChI=1S/C24H27N5OS/c1-13-10-14(2)22(15(3)11-13)29-17(5)16(4)21-20(26-18(6)27-23(21)29)12-28(19(7)30)24-25-8-9-31-24/h8-11H,12H2,1-7H3. The van der Waals surface area contributed by atoms with Gasteiger partial charge < -0.3 is 0 Å². The average Bonchev–Trinajstić information content (AvgIpc) is 3.28. The molecule has 4 rings (SSSR count). The highest BCUT2D eigenvalue weighted by Gasteiger charge is 2.23. The Morgan fingerprint density at radius 1 is 1.06 bits per heavy atom. The quantitative estimate of drug-likeness (QED) is 0.439. The van der Waals surface area contributed by atoms with E-state index in [0.29, 0.717) is 17.5 Å². The molecule has 0 aliphatic carbocycles. The van der Waals surface area contributed by atoms with Crippen LogP contribution in [-0.4, -0.2) is 25.4 Å². The van der Waals surface area contributed by atoms with Gasteiger partial charge in [0.05, 0.1) is 17.9 Å². The number of carbonyl (C=O) groups excluding carboxylic acids is 1. The van der Waals surface area contributed by atoms with Gasteiger partial charge in [0, 0.05) is 29.6 Å². The first kappa shape index (κ1) is 21.2. The minimum absolute atomic E-state index is 0.0570. The molecule has 0 fully saturated rings. The topological polar surface area (TPSA) is 63.9 Å². The predicted octanol–water partition coefficient (Wildman–Crippen LogP) is 5.28. The fourth-order valence-electron chi connectivity index (χ4n) is 4.39. The molecule has 0 N–H and O–H groups in total. The van der Waals surface area contributed by atoms with Crippen molar-refractivity contribution in [2.75, 3.05) is 4.90 Å². The number of hydrogen-bond donors (Lipinski definition) is 0. The molecule has 31 heavy (non-hydrogen) atoms. The van der Waals surface area contributed by atoms with Crippen LogP contribution >= 0.6 is 11.3 Å². The third-order valence-electron chi connectivity index (χ3n) is 5.74. The molecule has 3 aromatic heterocycles. The minimum Gasteiger partial charge on any atom is -0.298 e. The molecular weight excluding hydrogens is 406 g/mol. The van der Waals surface area contributed by atoms with Crippen LogP contribution in [0.1, 0.15) is 46.4 Å². The minimum atomic E-state index is -0.0570. The maximum absolute atomic E-state index is 12.4. The number of nitrogens with zero attached hydrogens (tertiary/aromatic N) is 5. The molecule has 6 nitrogen and oxygen atoms in total. The Bertz CT molecular complexity index is 1280. The van der Waals surface area contributed by atoms with Crippen molar-refractivity contribution >= 4 is 33.4 Å². The number of aryl methyl sites for hydroxylation is 5. The van der Waals surface area contributed by atoms with Crippen LogP contribution in [0, 0.1) is 41.5 Å². The highest BCUT2D eigenvalue weighted by molar-refractivity contribution is 7.13. The SMILES string of the molecule is CC(=O)N(Cc1nc(C)nc2c1c(C)c(C)n2-c1c(C)cc(C)cc1C)c1nccs1. The summed E-state index contributed by atoms with van der Waals surface area (Å²) >= 11 is 1.45. The van der Waals surface area contributed by atoms with Crippen molar-refractivity contribution < 1.29 is 4.79 Å². The second-order valence-electron chi connectivity index (χ2n) is 8.13. The average molecular weight is 434 g/mol. The second kappa shape index (κ2) is 7.89. The first-order valence-electron chi connectivity index (χ1n) is 10.3. The Balaban J connectivity index is 1.97. The van der Waals surface area contributed by atoms with Crippen LogP contribution < -0.4 is 4.90 Å². The van der Waals surface area contributed by atoms with Crippen LogP contribution in [-0.2, 0) is 11.3 Å². The Morgan fingerprint density at radius 3 is 2.32 bits per heavy atom. The number of thiazole rings is 1. The summed E-state index contributed by atoms with van der Waals surface area (Å²) in [7, 11) is 0. The Morgan fingerprint density at radius 2 is 1.74 bits per heavy atom. The second-order valence-corrected chi connectivity index (χ2v) is 9.00. The molecule has 160 valence electrons. The van der Waals surface area contributed by atoms with Crippen molar-refractivity contribution in [1.82, 2.24) is 19.5 Å². The third-order valence-corrected chi connectivity index (χ3v) is 6.53. The molecule has 0 saturated carbocycles. The number of rotatable bonds is 4. The highest BCUT2D eigenvalue weighted by Crippen LogP contribution is 2.33. The van der Waals surface area contributed by atoms with Crippen molar-refractivity contribution in [3.8, 4) is 5.69 Å². The van der Waals surface area contributed by atoms with Gasteiger partial charge in [0.1, 0.15) is 11.5 Å². The van der Waals surface area contributed by atoms with Crippen molar-refractivity contribution in [3.63, 3.8) is 0 Å². The summed E-state index contributed by atoms with van der Waals surface area (Å²) in [6.45, 7) is 14.5. The van der Waals surface area contributed by atoms with Gasteiger partial charge in [0.2, 0.25) is 5.91 Å². The molecule has 0 bridgehead atoms. The lowest BCUT2D eigenvalue weighted by atomic mass is 10.0. The normalized spacial score (nSPS) is 11.3. The van der Waals surface area contributed by atoms with Crippen molar-refractivity contribution in [3.05, 3.63) is 63.2 Å². The van der Waals surface area contributed by atoms with Crippen LogP contribution in [0.3, 0.4) is 0 Å². The third kappa shape index (κ3) is 3.63. The van der Waals surface area contributed by atoms with E-state index in [9.17, 15) is 4.79 Å². The first-order chi connectivity index (χ1) is 14.7. The first-order valence-corrected chi connectivity index (χ1v) is 11.2. The van der Waals surface area contributed by atoms with Gasteiger partial charge in [-0.1, -0.05) is 17.7 Å². The van der Waals surface area contributed by atoms with E-state index in [2.05, 4.69) is 56.3 Å². The lowest BCUT2D eigenvalue weighted by Gasteiger charge is -2.19. The Hall–Kier alpha value is -3.06. The van der Waals surface area contributed by atoms with Crippen molar-refractivity contribution in [2.24, 2.45) is 0 Å². The smallest absolute Gasteiger partial charge is 0.226 e. The van der Waals surface area contributed by atoms with E-state index in [1.165, 1.54) is 28.0 Å². The summed E-state index contributed by atoms with van der Waals surface area (Å²) < 4.78 is 2.24. The zero-order valence-corrected chi connectivity index (χ0v) is 19.9. The van der Waals surface area contributed by atoms with E-state index in [1.807, 2.05) is 12.3 Å². The largest absolute Gasteiger partial charge is 0.298 e. The van der Waals surface area contributed by atoms with Gasteiger partial charge in [-0.25, -0.2) is 15.0 Å². The van der Waals surface area contributed by atoms with Gasteiger partial charge in [-0.2, -0.15) is 0 Å². The van der Waals surface area contributed by atoms with E-state index in [-0.39, 0.29) is 5.91 Å². The van der Waals surface area contributed by atoms with Gasteiger partial charge in [-0.3, -0.25) is 14.3 Å². The van der Waals surface area contributed by atoms with Gasteiger partial charge in [-0.15, -0.1) is 11.3 Å². The van der Waals surface area contributed by atoms with Crippen LogP contribution in [0.4, 0.5) is 5.13 Å². The van der Waals surface area contributed by atoms with Crippen LogP contribution in [0.15, 0.2) is 23.7 Å². The summed E-state index contributed by atoms with van der Waals surface area (Å²) in [4.78, 5) is 28.0. The van der Waals surface area contributed by atoms with Crippen LogP contribution in [0.5, 0.6) is 0 Å². The highest BCUT2D eigenvalue weighted by atomic mass is 32.1. The van der Waals surface area contributed by atoms with Crippen molar-refractivity contribution in [2.45, 2.75) is 55.0 Å². The van der Waals surface area contributed by atoms with Crippen LogP contribution in [0.25, 0.3) is 16.7 Å². The number of fused-ring (bicyclic) bond motifs is 1. The molecule has 0 aliphatic rings. The lowest BCUT2D eigenvalue weighted by molar-refractivity contribution is -0.116. The van der Waals surface area contributed by atoms with E-state index >= 15 is 0 Å². The molecule has 1 aromatic carbocycles. The number of hydrogen-bond acceptors (Lipinski definition) is 5. The molecule has 1 amide bonds. The van der Waals surface area contributed by atoms with Crippen molar-refractivity contribution in [1.29, 1.82) is 0 Å². The number of amides is 1. The molecule has 7 heteroatoms. The fraction of sp³-hybridized carbons (Fsp3) is 0.333. The maximum Gasteiger partial charge on any atom is 0.226 e. The Kier molecular flexibility index (Phi) is 5.39. The number of benzene rings is 1. The number of anilines is 1. The van der Waals surface area contributed by atoms with Gasteiger partial charge >= 0.3 is 0 Å². The predicted molar refractivity (Wildman–Crippen MR) is 126 cm³/mol. The molecule has 0 spiro atoms. The number of aromatic nitrogens is 4. The summed E-state index contributed by atoms with van der Waals surface area (Å²) in [5.74, 6) is 0.629. The van der Waals surface area contributed by atoms with E-state index in [0.717, 1.165) is 33.7 Å². The molecule has 0 aliphatic heterocycles. The van der Waals surface area contributed by atoms with Gasteiger partial charge in [0.25, 0.3) is 0 Å². The van der Waals surface area contributed by atoms with E-state index in [1.54, 1.807) is 18.0 Å². The molecule has 4 aromatic rings. The van der Waals surface area contributed by atoms with E-state index < -0.39 is 0 Å². The summed E-state index contributed by atoms with van der Waals surface area (Å²) in [5.41, 5.74) is 8.82. The zero-order valence-electron chi connectivity index (χ0n) is 19.1. The summed E-state index contributed by atoms with van der Waals surface area (Å²) in [5, 5.41) is 3.56. The van der Waals surface area contributed by atoms with Gasteiger partial charge in [-0.05, 0) is 58.2 Å². The fourth-order valence-corrected chi connectivity index (χ4v) is 5.08. The summed E-state index contributed by atoms with van der Waals surface area (Å²) in [6.07, 6.45) is 1.71. The molecule has 3 heterocycles. The molecule has 0 saturated heterocycles. The monoisotopic (exact) mass is 433 g/mol. The summed E-state index contributed by atoms with van der Waals surface area (Å²) in [6, 6.07) is 4.41. The molecular formula is C24H27N5OS. The molecule has 0 radical (unpaired) electrons. The number of carbonyl (C=O) groups is 1. The maximum atomic E-state index is 12.4. The van der Waals surface area contributed by atoms with Gasteiger partial charge in [0.15, 0.2) is 5.13 Å². The van der Waals surface area contributed by atoms with Crippen LogP contribution in [0.2, 0.25) is 0 Å². The van der Waals surface area contributed by atoms with E-state index in [4.69, 9.17) is 9.97 Å². The molecule has 0 atom stereocenters. The zero-order chi connectivity index (χ0) is 22.4. The Labute approximate surface area is 186 Å². The molecule has 0 unspecified atom stereocenters.